The third-order valence-electron chi connectivity index (χ3n) is 3.26. The molecule has 0 bridgehead atoms. The summed E-state index contributed by atoms with van der Waals surface area (Å²) in [5.74, 6) is 3.19. The van der Waals surface area contributed by atoms with Crippen molar-refractivity contribution >= 4 is 40.2 Å². The molecule has 2 unspecified atom stereocenters. The van der Waals surface area contributed by atoms with Crippen LogP contribution in [-0.4, -0.2) is 32.1 Å². The normalized spacial score (nSPS) is 28.8. The third kappa shape index (κ3) is 1.57. The van der Waals surface area contributed by atoms with Crippen molar-refractivity contribution in [2.24, 2.45) is 0 Å². The second kappa shape index (κ2) is 4.06. The maximum absolute atomic E-state index is 10.2. The van der Waals surface area contributed by atoms with Gasteiger partial charge in [0, 0.05) is 30.7 Å². The van der Waals surface area contributed by atoms with Gasteiger partial charge in [0.1, 0.15) is 12.0 Å². The molecule has 0 aromatic carbocycles. The van der Waals surface area contributed by atoms with Crippen LogP contribution in [0.5, 0.6) is 0 Å². The highest BCUT2D eigenvalue weighted by Gasteiger charge is 2.32. The van der Waals surface area contributed by atoms with E-state index in [2.05, 4.69) is 32.4 Å². The Labute approximate surface area is 113 Å². The Bertz CT molecular complexity index is 422. The second-order valence-corrected chi connectivity index (χ2v) is 6.88. The number of anilines is 1. The van der Waals surface area contributed by atoms with E-state index in [9.17, 15) is 5.11 Å². The van der Waals surface area contributed by atoms with Gasteiger partial charge in [-0.05, 0) is 6.42 Å². The number of aryl methyl sites for hydroxylation is 1. The van der Waals surface area contributed by atoms with Crippen LogP contribution in [0.4, 0.5) is 5.82 Å². The standard InChI is InChI=1S/C10H14IN3OS/c1-13-9-6-4-16-5-8(6)12-14(9)3-2-7(11)10(13)15/h7,10,15H,2-5H2,1H3. The zero-order valence-electron chi connectivity index (χ0n) is 9.06. The summed E-state index contributed by atoms with van der Waals surface area (Å²) in [6.07, 6.45) is 0.584. The fraction of sp³-hybridized carbons (Fsp3) is 0.700. The van der Waals surface area contributed by atoms with Gasteiger partial charge in [-0.25, -0.2) is 4.68 Å². The second-order valence-electron chi connectivity index (χ2n) is 4.29. The zero-order chi connectivity index (χ0) is 11.3. The molecule has 2 aliphatic heterocycles. The molecule has 0 saturated carbocycles. The number of fused-ring (bicyclic) bond motifs is 3. The highest BCUT2D eigenvalue weighted by Crippen LogP contribution is 2.38. The Balaban J connectivity index is 2.07. The Morgan fingerprint density at radius 3 is 3.12 bits per heavy atom. The number of halogens is 1. The minimum Gasteiger partial charge on any atom is -0.372 e. The summed E-state index contributed by atoms with van der Waals surface area (Å²) in [5, 5.41) is 14.8. The molecule has 1 N–H and O–H groups in total. The number of thioether (sulfide) groups is 1. The number of aromatic nitrogens is 2. The molecule has 0 saturated heterocycles. The monoisotopic (exact) mass is 351 g/mol. The molecular formula is C10H14IN3OS. The molecule has 0 amide bonds. The molecule has 16 heavy (non-hydrogen) atoms. The quantitative estimate of drug-likeness (QED) is 0.570. The van der Waals surface area contributed by atoms with Gasteiger partial charge in [-0.1, -0.05) is 22.6 Å². The number of hydrogen-bond acceptors (Lipinski definition) is 4. The molecule has 2 aliphatic rings. The van der Waals surface area contributed by atoms with Crippen LogP contribution in [0.25, 0.3) is 0 Å². The fourth-order valence-electron chi connectivity index (χ4n) is 2.37. The maximum atomic E-state index is 10.2. The number of aliphatic hydroxyl groups excluding tert-OH is 1. The molecule has 2 atom stereocenters. The lowest BCUT2D eigenvalue weighted by Crippen LogP contribution is -2.37. The zero-order valence-corrected chi connectivity index (χ0v) is 12.0. The van der Waals surface area contributed by atoms with Crippen LogP contribution in [-0.2, 0) is 18.1 Å². The lowest BCUT2D eigenvalue weighted by Gasteiger charge is -2.26. The van der Waals surface area contributed by atoms with Crippen LogP contribution in [0.1, 0.15) is 17.7 Å². The number of alkyl halides is 1. The minimum atomic E-state index is -0.395. The van der Waals surface area contributed by atoms with Crippen molar-refractivity contribution in [3.8, 4) is 0 Å². The van der Waals surface area contributed by atoms with E-state index in [-0.39, 0.29) is 3.92 Å². The van der Waals surface area contributed by atoms with Gasteiger partial charge in [0.25, 0.3) is 0 Å². The molecule has 1 aromatic heterocycles. The Hall–Kier alpha value is 0.0500. The highest BCUT2D eigenvalue weighted by molar-refractivity contribution is 14.1. The number of nitrogens with zero attached hydrogens (tertiary/aromatic N) is 3. The molecule has 6 heteroatoms. The minimum absolute atomic E-state index is 0.272. The van der Waals surface area contributed by atoms with E-state index in [1.807, 2.05) is 23.7 Å². The van der Waals surface area contributed by atoms with Crippen molar-refractivity contribution in [2.45, 2.75) is 34.6 Å². The van der Waals surface area contributed by atoms with Gasteiger partial charge in [-0.15, -0.1) is 0 Å². The predicted octanol–water partition coefficient (Wildman–Crippen LogP) is 1.59. The van der Waals surface area contributed by atoms with Crippen LogP contribution < -0.4 is 4.90 Å². The summed E-state index contributed by atoms with van der Waals surface area (Å²) in [6, 6.07) is 0. The highest BCUT2D eigenvalue weighted by atomic mass is 127. The number of hydrogen-bond donors (Lipinski definition) is 1. The summed E-state index contributed by atoms with van der Waals surface area (Å²) in [5.41, 5.74) is 2.54. The number of aliphatic hydroxyl groups is 1. The van der Waals surface area contributed by atoms with Crippen LogP contribution in [0, 0.1) is 0 Å². The van der Waals surface area contributed by atoms with Crippen molar-refractivity contribution in [3.05, 3.63) is 11.3 Å². The van der Waals surface area contributed by atoms with E-state index in [0.717, 1.165) is 30.3 Å². The van der Waals surface area contributed by atoms with Crippen LogP contribution in [0.15, 0.2) is 0 Å². The van der Waals surface area contributed by atoms with Gasteiger partial charge >= 0.3 is 0 Å². The molecule has 0 radical (unpaired) electrons. The van der Waals surface area contributed by atoms with Crippen molar-refractivity contribution in [3.63, 3.8) is 0 Å². The van der Waals surface area contributed by atoms with Crippen LogP contribution in [0.3, 0.4) is 0 Å². The van der Waals surface area contributed by atoms with Crippen LogP contribution in [0.2, 0.25) is 0 Å². The molecule has 0 aliphatic carbocycles. The average molecular weight is 351 g/mol. The summed E-state index contributed by atoms with van der Waals surface area (Å²) < 4.78 is 2.35. The van der Waals surface area contributed by atoms with Gasteiger partial charge in [-0.2, -0.15) is 16.9 Å². The largest absolute Gasteiger partial charge is 0.372 e. The van der Waals surface area contributed by atoms with Crippen molar-refractivity contribution in [1.29, 1.82) is 0 Å². The van der Waals surface area contributed by atoms with Gasteiger partial charge in [0.2, 0.25) is 0 Å². The molecule has 3 heterocycles. The fourth-order valence-corrected chi connectivity index (χ4v) is 4.15. The SMILES string of the molecule is CN1c2c3c(nn2CCC(I)C1O)CSC3. The summed E-state index contributed by atoms with van der Waals surface area (Å²) in [4.78, 5) is 1.99. The Morgan fingerprint density at radius 1 is 1.50 bits per heavy atom. The molecule has 0 fully saturated rings. The van der Waals surface area contributed by atoms with Gasteiger partial charge in [0.05, 0.1) is 9.62 Å². The molecule has 4 nitrogen and oxygen atoms in total. The molecule has 0 spiro atoms. The summed E-state index contributed by atoms with van der Waals surface area (Å²) in [6.45, 7) is 0.919. The summed E-state index contributed by atoms with van der Waals surface area (Å²) in [7, 11) is 1.97. The summed E-state index contributed by atoms with van der Waals surface area (Å²) >= 11 is 4.24. The smallest absolute Gasteiger partial charge is 0.139 e. The Morgan fingerprint density at radius 2 is 2.31 bits per heavy atom. The van der Waals surface area contributed by atoms with E-state index in [0.29, 0.717) is 0 Å². The lowest BCUT2D eigenvalue weighted by atomic mass is 10.2. The topological polar surface area (TPSA) is 41.3 Å². The first-order valence-electron chi connectivity index (χ1n) is 5.39. The van der Waals surface area contributed by atoms with Crippen molar-refractivity contribution in [1.82, 2.24) is 9.78 Å². The molecule has 88 valence electrons. The Kier molecular flexibility index (Phi) is 2.83. The van der Waals surface area contributed by atoms with E-state index >= 15 is 0 Å². The van der Waals surface area contributed by atoms with E-state index in [1.165, 1.54) is 11.3 Å². The average Bonchev–Trinajstić information content (AvgIpc) is 2.80. The van der Waals surface area contributed by atoms with Crippen LogP contribution >= 0.6 is 34.4 Å². The van der Waals surface area contributed by atoms with Gasteiger partial charge in [-0.3, -0.25) is 0 Å². The van der Waals surface area contributed by atoms with E-state index < -0.39 is 6.23 Å². The van der Waals surface area contributed by atoms with Gasteiger partial charge < -0.3 is 10.0 Å². The van der Waals surface area contributed by atoms with E-state index in [1.54, 1.807) is 0 Å². The first-order valence-corrected chi connectivity index (χ1v) is 7.80. The van der Waals surface area contributed by atoms with Gasteiger partial charge in [0.15, 0.2) is 0 Å². The van der Waals surface area contributed by atoms with E-state index in [4.69, 9.17) is 0 Å². The first-order chi connectivity index (χ1) is 7.68. The number of rotatable bonds is 0. The molecule has 1 aromatic rings. The van der Waals surface area contributed by atoms with Crippen molar-refractivity contribution in [2.75, 3.05) is 11.9 Å². The maximum Gasteiger partial charge on any atom is 0.139 e. The first kappa shape index (κ1) is 11.2. The predicted molar refractivity (Wildman–Crippen MR) is 74.1 cm³/mol. The third-order valence-corrected chi connectivity index (χ3v) is 5.50. The van der Waals surface area contributed by atoms with Crippen molar-refractivity contribution < 1.29 is 5.11 Å². The molecule has 3 rings (SSSR count). The lowest BCUT2D eigenvalue weighted by molar-refractivity contribution is 0.175. The molecular weight excluding hydrogens is 337 g/mol.